The lowest BCUT2D eigenvalue weighted by atomic mass is 9.73. The van der Waals surface area contributed by atoms with Gasteiger partial charge in [-0.25, -0.2) is 4.98 Å². The van der Waals surface area contributed by atoms with Gasteiger partial charge in [-0.15, -0.1) is 11.3 Å². The van der Waals surface area contributed by atoms with E-state index in [1.807, 2.05) is 27.7 Å². The lowest BCUT2D eigenvalue weighted by molar-refractivity contribution is -0.146. The van der Waals surface area contributed by atoms with Crippen LogP contribution >= 0.6 is 11.3 Å². The van der Waals surface area contributed by atoms with E-state index in [0.717, 1.165) is 36.4 Å². The third-order valence-corrected chi connectivity index (χ3v) is 28.5. The summed E-state index contributed by atoms with van der Waals surface area (Å²) in [7, 11) is -6.76. The number of epoxide rings is 1. The van der Waals surface area contributed by atoms with Gasteiger partial charge in [-0.05, 0) is 106 Å². The Balaban J connectivity index is 2.32. The summed E-state index contributed by atoms with van der Waals surface area (Å²) < 4.78 is 27.5. The summed E-state index contributed by atoms with van der Waals surface area (Å²) in [6.45, 7) is 47.8. The highest BCUT2D eigenvalue weighted by Gasteiger charge is 2.54. The number of carboxylic acid groups (broad SMARTS) is 1. The zero-order valence-electron chi connectivity index (χ0n) is 40.4. The van der Waals surface area contributed by atoms with Crippen LogP contribution in [0.15, 0.2) is 11.0 Å². The van der Waals surface area contributed by atoms with Gasteiger partial charge in [0, 0.05) is 23.1 Å². The molecule has 8 nitrogen and oxygen atoms in total. The molecular formula is C45H85NO7SSi3. The molecule has 57 heavy (non-hydrogen) atoms. The number of ketones is 1. The molecule has 0 saturated carbocycles. The first-order valence-electron chi connectivity index (χ1n) is 21.5. The molecule has 3 unspecified atom stereocenters. The Morgan fingerprint density at radius 2 is 1.39 bits per heavy atom. The summed E-state index contributed by atoms with van der Waals surface area (Å²) in [6.07, 6.45) is 4.47. The maximum Gasteiger partial charge on any atom is 0.305 e. The monoisotopic (exact) mass is 868 g/mol. The number of aryl methyl sites for hydroxylation is 1. The molecule has 0 amide bonds. The van der Waals surface area contributed by atoms with E-state index in [4.69, 9.17) is 23.0 Å². The number of aliphatic carboxylic acids is 1. The number of carboxylic acids is 1. The summed E-state index contributed by atoms with van der Waals surface area (Å²) in [4.78, 5) is 31.7. The second kappa shape index (κ2) is 18.5. The summed E-state index contributed by atoms with van der Waals surface area (Å²) in [5, 5.41) is 13.1. The fourth-order valence-electron chi connectivity index (χ4n) is 6.83. The van der Waals surface area contributed by atoms with Crippen molar-refractivity contribution in [3.63, 3.8) is 0 Å². The number of Topliss-reactive ketones (excluding diaryl/α,β-unsaturated/α-hetero) is 1. The second-order valence-corrected chi connectivity index (χ2v) is 38.1. The molecule has 1 aromatic heterocycles. The number of nitrogens with zero attached hydrogens (tertiary/aromatic N) is 1. The highest BCUT2D eigenvalue weighted by Crippen LogP contribution is 2.48. The Labute approximate surface area is 356 Å². The van der Waals surface area contributed by atoms with Crippen molar-refractivity contribution in [2.24, 2.45) is 17.3 Å². The average Bonchev–Trinajstić information content (AvgIpc) is 3.46. The maximum atomic E-state index is 14.8. The molecule has 0 bridgehead atoms. The number of rotatable bonds is 21. The molecule has 0 aliphatic carbocycles. The summed E-state index contributed by atoms with van der Waals surface area (Å²) >= 11 is 1.66. The molecule has 1 N–H and O–H groups in total. The first-order valence-corrected chi connectivity index (χ1v) is 31.1. The third-order valence-electron chi connectivity index (χ3n) is 14.3. The van der Waals surface area contributed by atoms with Crippen LogP contribution in [0, 0.1) is 24.2 Å². The molecule has 0 radical (unpaired) electrons. The van der Waals surface area contributed by atoms with Gasteiger partial charge < -0.3 is 23.1 Å². The fourth-order valence-corrected chi connectivity index (χ4v) is 11.7. The number of ether oxygens (including phenoxy) is 1. The van der Waals surface area contributed by atoms with Gasteiger partial charge in [-0.1, -0.05) is 96.4 Å². The summed E-state index contributed by atoms with van der Waals surface area (Å²) in [6, 6.07) is 0. The minimum absolute atomic E-state index is 0.00424. The fraction of sp³-hybridized carbons (Fsp3) is 0.844. The van der Waals surface area contributed by atoms with Gasteiger partial charge in [0.05, 0.1) is 47.1 Å². The van der Waals surface area contributed by atoms with Crippen LogP contribution in [0.25, 0.3) is 6.08 Å². The number of aromatic nitrogens is 1. The zero-order chi connectivity index (χ0) is 44.5. The van der Waals surface area contributed by atoms with Gasteiger partial charge >= 0.3 is 5.97 Å². The van der Waals surface area contributed by atoms with Crippen LogP contribution in [0.2, 0.25) is 54.4 Å². The highest BCUT2D eigenvalue weighted by molar-refractivity contribution is 7.09. The van der Waals surface area contributed by atoms with Crippen molar-refractivity contribution in [2.75, 3.05) is 0 Å². The molecule has 0 aromatic carbocycles. The predicted octanol–water partition coefficient (Wildman–Crippen LogP) is 13.1. The van der Waals surface area contributed by atoms with Crippen LogP contribution in [0.3, 0.4) is 0 Å². The lowest BCUT2D eigenvalue weighted by Crippen LogP contribution is -2.54. The minimum atomic E-state index is -2.39. The van der Waals surface area contributed by atoms with Gasteiger partial charge in [-0.2, -0.15) is 0 Å². The molecular weight excluding hydrogens is 783 g/mol. The zero-order valence-corrected chi connectivity index (χ0v) is 44.2. The van der Waals surface area contributed by atoms with Gasteiger partial charge in [0.2, 0.25) is 0 Å². The summed E-state index contributed by atoms with van der Waals surface area (Å²) in [5.74, 6) is -1.31. The van der Waals surface area contributed by atoms with E-state index < -0.39 is 48.4 Å². The molecule has 330 valence electrons. The Hall–Kier alpha value is -0.999. The average molecular weight is 868 g/mol. The van der Waals surface area contributed by atoms with Crippen LogP contribution in [0.5, 0.6) is 0 Å². The van der Waals surface area contributed by atoms with E-state index in [1.165, 1.54) is 5.57 Å². The lowest BCUT2D eigenvalue weighted by Gasteiger charge is -2.46. The van der Waals surface area contributed by atoms with E-state index in [2.05, 4.69) is 134 Å². The van der Waals surface area contributed by atoms with Gasteiger partial charge in [0.15, 0.2) is 25.0 Å². The van der Waals surface area contributed by atoms with Crippen molar-refractivity contribution in [1.29, 1.82) is 0 Å². The number of carbonyl (C=O) groups excluding carboxylic acids is 1. The number of thiazole rings is 1. The SMILES string of the molecule is CC(=Cc1csc(C)n1)[C@H](CC1O[C@]1(C)CCCC(C)[C@H](O[Si](C)(C)C(C)(C)C)C(C)C(=O)C(C)(C)[C@H](CC(=O)O)O[Si](C)(C)C(C)(C)C)O[Si](C)(C)C(C)(C)C. The van der Waals surface area contributed by atoms with Crippen LogP contribution in [-0.4, -0.2) is 76.8 Å². The first-order chi connectivity index (χ1) is 25.4. The molecule has 12 heteroatoms. The Morgan fingerprint density at radius 1 is 0.895 bits per heavy atom. The van der Waals surface area contributed by atoms with Gasteiger partial charge in [0.25, 0.3) is 0 Å². The van der Waals surface area contributed by atoms with Crippen molar-refractivity contribution in [3.8, 4) is 0 Å². The highest BCUT2D eigenvalue weighted by atomic mass is 32.1. The molecule has 1 aromatic rings. The van der Waals surface area contributed by atoms with Crippen molar-refractivity contribution in [2.45, 2.75) is 227 Å². The van der Waals surface area contributed by atoms with E-state index >= 15 is 0 Å². The van der Waals surface area contributed by atoms with E-state index in [-0.39, 0.29) is 57.1 Å². The Kier molecular flexibility index (Phi) is 17.0. The predicted molar refractivity (Wildman–Crippen MR) is 248 cm³/mol. The molecule has 1 aliphatic rings. The topological polar surface area (TPSA) is 107 Å². The Morgan fingerprint density at radius 3 is 1.84 bits per heavy atom. The quantitative estimate of drug-likeness (QED) is 0.0961. The van der Waals surface area contributed by atoms with Gasteiger partial charge in [-0.3, -0.25) is 9.59 Å². The van der Waals surface area contributed by atoms with Crippen molar-refractivity contribution >= 4 is 54.1 Å². The molecule has 1 saturated heterocycles. The molecule has 0 spiro atoms. The van der Waals surface area contributed by atoms with Crippen LogP contribution < -0.4 is 0 Å². The van der Waals surface area contributed by atoms with Crippen molar-refractivity contribution in [1.82, 2.24) is 4.98 Å². The molecule has 1 aliphatic heterocycles. The molecule has 2 heterocycles. The molecule has 7 atom stereocenters. The third kappa shape index (κ3) is 13.8. The van der Waals surface area contributed by atoms with Crippen molar-refractivity contribution in [3.05, 3.63) is 21.7 Å². The Bertz CT molecular complexity index is 1550. The summed E-state index contributed by atoms with van der Waals surface area (Å²) in [5.41, 5.74) is 0.900. The molecule has 1 fully saturated rings. The van der Waals surface area contributed by atoms with E-state index in [0.29, 0.717) is 0 Å². The van der Waals surface area contributed by atoms with Crippen LogP contribution in [0.4, 0.5) is 0 Å². The maximum absolute atomic E-state index is 14.8. The largest absolute Gasteiger partial charge is 0.481 e. The number of hydrogen-bond donors (Lipinski definition) is 1. The van der Waals surface area contributed by atoms with Crippen molar-refractivity contribution < 1.29 is 32.7 Å². The minimum Gasteiger partial charge on any atom is -0.481 e. The van der Waals surface area contributed by atoms with E-state index in [9.17, 15) is 14.7 Å². The standard InChI is InChI=1S/C45H85NO7SSi3/c1-30(24-23-25-45(16)37(50-45)27-35(51-55(17,18)41(5,6)7)31(2)26-34-29-54-33(4)46-34)39(53-57(21,22)43(11,12)13)32(3)40(49)44(14,15)36(28-38(47)48)52-56(19,20)42(8,9)10/h26,29-30,32,35-37,39H,23-25,27-28H2,1-22H3,(H,47,48)/t30?,32?,35-,36-,37?,39-,45+/m0/s1. The molecule has 2 rings (SSSR count). The van der Waals surface area contributed by atoms with Gasteiger partial charge in [0.1, 0.15) is 5.78 Å². The van der Waals surface area contributed by atoms with E-state index in [1.54, 1.807) is 11.3 Å². The number of hydrogen-bond acceptors (Lipinski definition) is 8. The normalized spacial score (nSPS) is 21.9. The smallest absolute Gasteiger partial charge is 0.305 e. The van der Waals surface area contributed by atoms with Crippen LogP contribution in [0.1, 0.15) is 147 Å². The van der Waals surface area contributed by atoms with Crippen LogP contribution in [-0.2, 0) is 27.6 Å². The second-order valence-electron chi connectivity index (χ2n) is 22.8. The number of carbonyl (C=O) groups is 2. The first kappa shape index (κ1) is 52.1.